The van der Waals surface area contributed by atoms with E-state index in [0.717, 1.165) is 31.5 Å². The lowest BCUT2D eigenvalue weighted by Gasteiger charge is -2.68. The predicted octanol–water partition coefficient (Wildman–Crippen LogP) is 2.77. The Morgan fingerprint density at radius 2 is 1.90 bits per heavy atom. The molecular formula is C33H45NO7. The maximum absolute atomic E-state index is 13.3. The summed E-state index contributed by atoms with van der Waals surface area (Å²) in [5.41, 5.74) is -0.881. The van der Waals surface area contributed by atoms with Crippen LogP contribution < -0.4 is 0 Å². The van der Waals surface area contributed by atoms with Crippen LogP contribution in [0.3, 0.4) is 0 Å². The van der Waals surface area contributed by atoms with E-state index in [9.17, 15) is 15.0 Å². The summed E-state index contributed by atoms with van der Waals surface area (Å²) in [7, 11) is 5.24. The Bertz CT molecular complexity index is 1190. The average Bonchev–Trinajstić information content (AvgIpc) is 3.41. The topological polar surface area (TPSA) is 97.7 Å². The first-order valence-electron chi connectivity index (χ1n) is 15.4. The molecule has 1 aromatic rings. The second kappa shape index (κ2) is 9.86. The molecule has 1 aromatic carbocycles. The van der Waals surface area contributed by atoms with Crippen molar-refractivity contribution in [1.29, 1.82) is 0 Å². The van der Waals surface area contributed by atoms with Crippen molar-refractivity contribution in [2.75, 3.05) is 41.0 Å². The minimum atomic E-state index is -1.16. The molecule has 8 nitrogen and oxygen atoms in total. The maximum atomic E-state index is 13.3. The largest absolute Gasteiger partial charge is 0.458 e. The number of hydrogen-bond acceptors (Lipinski definition) is 8. The highest BCUT2D eigenvalue weighted by Gasteiger charge is 2.86. The highest BCUT2D eigenvalue weighted by Crippen LogP contribution is 2.79. The van der Waals surface area contributed by atoms with Gasteiger partial charge in [0.15, 0.2) is 0 Å². The molecule has 1 heterocycles. The Morgan fingerprint density at radius 3 is 2.59 bits per heavy atom. The van der Waals surface area contributed by atoms with Gasteiger partial charge in [-0.3, -0.25) is 4.90 Å². The fourth-order valence-corrected chi connectivity index (χ4v) is 11.7. The zero-order chi connectivity index (χ0) is 28.7. The summed E-state index contributed by atoms with van der Waals surface area (Å²) in [5.74, 6) is -0.947. The molecule has 1 spiro atoms. The summed E-state index contributed by atoms with van der Waals surface area (Å²) < 4.78 is 24.7. The highest BCUT2D eigenvalue weighted by atomic mass is 16.5. The van der Waals surface area contributed by atoms with E-state index in [0.29, 0.717) is 19.4 Å². The van der Waals surface area contributed by atoms with Crippen molar-refractivity contribution in [3.8, 4) is 0 Å². The fraction of sp³-hybridized carbons (Fsp3) is 0.727. The van der Waals surface area contributed by atoms with Crippen LogP contribution in [0.15, 0.2) is 36.4 Å². The minimum absolute atomic E-state index is 0.0161. The van der Waals surface area contributed by atoms with Crippen molar-refractivity contribution in [2.24, 2.45) is 40.4 Å². The molecule has 13 unspecified atom stereocenters. The number of aliphatic hydroxyl groups is 2. The van der Waals surface area contributed by atoms with Gasteiger partial charge in [-0.1, -0.05) is 37.3 Å². The van der Waals surface area contributed by atoms with Gasteiger partial charge in [0, 0.05) is 80.9 Å². The first-order chi connectivity index (χ1) is 19.8. The number of nitrogens with zero attached hydrogens (tertiary/aromatic N) is 1. The summed E-state index contributed by atoms with van der Waals surface area (Å²) in [6.07, 6.45) is 4.57. The van der Waals surface area contributed by atoms with E-state index in [1.54, 1.807) is 27.4 Å². The minimum Gasteiger partial charge on any atom is -0.458 e. The third-order valence-corrected chi connectivity index (χ3v) is 12.6. The number of fused-ring (bicyclic) bond motifs is 2. The van der Waals surface area contributed by atoms with Crippen molar-refractivity contribution in [3.63, 3.8) is 0 Å². The molecule has 1 saturated heterocycles. The van der Waals surface area contributed by atoms with Crippen LogP contribution in [0.1, 0.15) is 38.2 Å². The van der Waals surface area contributed by atoms with Gasteiger partial charge in [0.25, 0.3) is 0 Å². The molecule has 2 N–H and O–H groups in total. The summed E-state index contributed by atoms with van der Waals surface area (Å²) in [5, 5.41) is 25.2. The van der Waals surface area contributed by atoms with Crippen molar-refractivity contribution in [2.45, 2.75) is 68.7 Å². The van der Waals surface area contributed by atoms with E-state index in [1.165, 1.54) is 6.08 Å². The number of piperidine rings is 1. The standard InChI is InChI=1S/C33H45NO7/c1-5-34-17-31(18-38-2)14-13-23(35)33-21-15-20-22(39-3)16-32(37,26(30(33)34)28(40-4)29(31)33)25(21)27(20)41-24(36)12-11-19-9-7-6-8-10-19/h6-12,20-23,25-30,35,37H,5,13-18H2,1-4H3. The number of aliphatic hydroxyl groups excluding tert-OH is 1. The van der Waals surface area contributed by atoms with Crippen LogP contribution in [0.2, 0.25) is 0 Å². The third-order valence-electron chi connectivity index (χ3n) is 12.6. The van der Waals surface area contributed by atoms with Crippen molar-refractivity contribution in [1.82, 2.24) is 4.90 Å². The molecule has 6 aliphatic rings. The Labute approximate surface area is 243 Å². The highest BCUT2D eigenvalue weighted by molar-refractivity contribution is 5.87. The Hall–Kier alpha value is -1.81. The molecule has 1 aliphatic heterocycles. The van der Waals surface area contributed by atoms with E-state index < -0.39 is 29.2 Å². The van der Waals surface area contributed by atoms with Gasteiger partial charge >= 0.3 is 5.97 Å². The van der Waals surface area contributed by atoms with E-state index >= 15 is 0 Å². The normalized spacial score (nSPS) is 49.4. The Balaban J connectivity index is 1.34. The molecule has 224 valence electrons. The quantitative estimate of drug-likeness (QED) is 0.366. The van der Waals surface area contributed by atoms with Crippen LogP contribution in [0, 0.1) is 40.4 Å². The zero-order valence-electron chi connectivity index (χ0n) is 24.6. The van der Waals surface area contributed by atoms with Crippen LogP contribution in [-0.2, 0) is 23.7 Å². The number of ether oxygens (including phenoxy) is 4. The first kappa shape index (κ1) is 28.0. The second-order valence-electron chi connectivity index (χ2n) is 13.7. The molecule has 7 rings (SSSR count). The zero-order valence-corrected chi connectivity index (χ0v) is 24.6. The fourth-order valence-electron chi connectivity index (χ4n) is 11.7. The second-order valence-corrected chi connectivity index (χ2v) is 13.7. The van der Waals surface area contributed by atoms with Gasteiger partial charge in [-0.05, 0) is 43.4 Å². The number of benzene rings is 1. The lowest BCUT2D eigenvalue weighted by molar-refractivity contribution is -0.273. The van der Waals surface area contributed by atoms with Gasteiger partial charge < -0.3 is 29.2 Å². The maximum Gasteiger partial charge on any atom is 0.331 e. The number of carbonyl (C=O) groups excluding carboxylic acids is 1. The summed E-state index contributed by atoms with van der Waals surface area (Å²) >= 11 is 0. The van der Waals surface area contributed by atoms with E-state index in [4.69, 9.17) is 18.9 Å². The van der Waals surface area contributed by atoms with Gasteiger partial charge in [0.1, 0.15) is 6.10 Å². The number of hydrogen-bond donors (Lipinski definition) is 2. The molecule has 5 aliphatic carbocycles. The summed E-state index contributed by atoms with van der Waals surface area (Å²) in [6.45, 7) is 4.50. The molecule has 0 aromatic heterocycles. The SMILES string of the molecule is CCN1CC2(COC)CCC(O)C34C5CC6C(OC)CC(O)(C5C6OC(=O)C=Cc5ccccc5)C(C(OC)C23)C14. The van der Waals surface area contributed by atoms with Crippen molar-refractivity contribution >= 4 is 12.0 Å². The van der Waals surface area contributed by atoms with Gasteiger partial charge in [0.2, 0.25) is 0 Å². The molecule has 8 heteroatoms. The number of methoxy groups -OCH3 is 3. The van der Waals surface area contributed by atoms with E-state index in [-0.39, 0.29) is 53.3 Å². The molecule has 7 bridgehead atoms. The van der Waals surface area contributed by atoms with Crippen molar-refractivity contribution < 1.29 is 34.0 Å². The summed E-state index contributed by atoms with van der Waals surface area (Å²) in [6, 6.07) is 9.68. The lowest BCUT2D eigenvalue weighted by atomic mass is 9.43. The lowest BCUT2D eigenvalue weighted by Crippen LogP contribution is -2.76. The van der Waals surface area contributed by atoms with Gasteiger partial charge in [-0.2, -0.15) is 0 Å². The molecule has 0 amide bonds. The van der Waals surface area contributed by atoms with Crippen LogP contribution in [0.5, 0.6) is 0 Å². The monoisotopic (exact) mass is 567 g/mol. The van der Waals surface area contributed by atoms with Gasteiger partial charge in [-0.25, -0.2) is 4.79 Å². The van der Waals surface area contributed by atoms with Crippen molar-refractivity contribution in [3.05, 3.63) is 42.0 Å². The van der Waals surface area contributed by atoms with E-state index in [1.807, 2.05) is 30.3 Å². The Kier molecular flexibility index (Phi) is 6.73. The molecular weight excluding hydrogens is 522 g/mol. The molecule has 6 fully saturated rings. The first-order valence-corrected chi connectivity index (χ1v) is 15.4. The molecule has 13 atom stereocenters. The number of rotatable bonds is 8. The van der Waals surface area contributed by atoms with Crippen LogP contribution >= 0.6 is 0 Å². The number of carbonyl (C=O) groups is 1. The summed E-state index contributed by atoms with van der Waals surface area (Å²) in [4.78, 5) is 15.8. The molecule has 41 heavy (non-hydrogen) atoms. The number of esters is 1. The molecule has 5 saturated carbocycles. The van der Waals surface area contributed by atoms with Crippen LogP contribution in [0.25, 0.3) is 6.08 Å². The molecule has 0 radical (unpaired) electrons. The third kappa shape index (κ3) is 3.52. The predicted molar refractivity (Wildman–Crippen MR) is 152 cm³/mol. The van der Waals surface area contributed by atoms with E-state index in [2.05, 4.69) is 11.8 Å². The Morgan fingerprint density at radius 1 is 1.12 bits per heavy atom. The van der Waals surface area contributed by atoms with Gasteiger partial charge in [-0.15, -0.1) is 0 Å². The van der Waals surface area contributed by atoms with Crippen LogP contribution in [0.4, 0.5) is 0 Å². The van der Waals surface area contributed by atoms with Crippen LogP contribution in [-0.4, -0.2) is 98.2 Å². The van der Waals surface area contributed by atoms with Gasteiger partial charge in [0.05, 0.1) is 30.5 Å². The smallest absolute Gasteiger partial charge is 0.331 e. The number of likely N-dealkylation sites (tertiary alicyclic amines) is 1. The average molecular weight is 568 g/mol.